The van der Waals surface area contributed by atoms with Crippen molar-refractivity contribution in [2.45, 2.75) is 37.8 Å². The zero-order chi connectivity index (χ0) is 12.9. The van der Waals surface area contributed by atoms with Crippen LogP contribution >= 0.6 is 0 Å². The average Bonchev–Trinajstić information content (AvgIpc) is 3.01. The summed E-state index contributed by atoms with van der Waals surface area (Å²) in [6.07, 6.45) is 2.60. The SMILES string of the molecule is CCOC(CCN(C)C)CNC(=O)C1(N)CC1. The Labute approximate surface area is 104 Å². The quantitative estimate of drug-likeness (QED) is 0.627. The van der Waals surface area contributed by atoms with Crippen molar-refractivity contribution >= 4 is 5.91 Å². The van der Waals surface area contributed by atoms with E-state index in [0.717, 1.165) is 25.8 Å². The molecule has 0 aromatic heterocycles. The van der Waals surface area contributed by atoms with Crippen molar-refractivity contribution in [1.29, 1.82) is 0 Å². The van der Waals surface area contributed by atoms with Gasteiger partial charge >= 0.3 is 0 Å². The van der Waals surface area contributed by atoms with Gasteiger partial charge < -0.3 is 20.7 Å². The molecule has 0 spiro atoms. The van der Waals surface area contributed by atoms with Gasteiger partial charge in [-0.2, -0.15) is 0 Å². The minimum absolute atomic E-state index is 0.0351. The molecular formula is C12H25N3O2. The van der Waals surface area contributed by atoms with Crippen molar-refractivity contribution in [3.63, 3.8) is 0 Å². The van der Waals surface area contributed by atoms with Crippen molar-refractivity contribution in [3.8, 4) is 0 Å². The molecule has 100 valence electrons. The standard InChI is InChI=1S/C12H25N3O2/c1-4-17-10(5-8-15(2)3)9-14-11(16)12(13)6-7-12/h10H,4-9,13H2,1-3H3,(H,14,16). The van der Waals surface area contributed by atoms with Crippen LogP contribution in [0.2, 0.25) is 0 Å². The second-order valence-electron chi connectivity index (χ2n) is 5.04. The molecule has 0 aromatic carbocycles. The Morgan fingerprint density at radius 1 is 1.53 bits per heavy atom. The van der Waals surface area contributed by atoms with Gasteiger partial charge in [-0.1, -0.05) is 0 Å². The molecule has 5 nitrogen and oxygen atoms in total. The molecular weight excluding hydrogens is 218 g/mol. The topological polar surface area (TPSA) is 67.6 Å². The van der Waals surface area contributed by atoms with Crippen molar-refractivity contribution in [2.75, 3.05) is 33.8 Å². The van der Waals surface area contributed by atoms with Crippen LogP contribution < -0.4 is 11.1 Å². The molecule has 0 bridgehead atoms. The van der Waals surface area contributed by atoms with Crippen LogP contribution in [0.1, 0.15) is 26.2 Å². The lowest BCUT2D eigenvalue weighted by Gasteiger charge is -2.20. The first-order valence-electron chi connectivity index (χ1n) is 6.31. The van der Waals surface area contributed by atoms with Crippen LogP contribution in [0.4, 0.5) is 0 Å². The molecule has 1 atom stereocenters. The largest absolute Gasteiger partial charge is 0.377 e. The van der Waals surface area contributed by atoms with Crippen molar-refractivity contribution in [3.05, 3.63) is 0 Å². The van der Waals surface area contributed by atoms with Crippen molar-refractivity contribution in [1.82, 2.24) is 10.2 Å². The fourth-order valence-electron chi connectivity index (χ4n) is 1.63. The molecule has 3 N–H and O–H groups in total. The number of nitrogens with two attached hydrogens (primary N) is 1. The molecule has 1 fully saturated rings. The zero-order valence-corrected chi connectivity index (χ0v) is 11.2. The van der Waals surface area contributed by atoms with Gasteiger partial charge in [0.25, 0.3) is 0 Å². The average molecular weight is 243 g/mol. The van der Waals surface area contributed by atoms with E-state index in [4.69, 9.17) is 10.5 Å². The number of amides is 1. The van der Waals surface area contributed by atoms with Gasteiger partial charge in [0, 0.05) is 19.7 Å². The molecule has 1 saturated carbocycles. The molecule has 1 aliphatic rings. The third kappa shape index (κ3) is 5.02. The second-order valence-corrected chi connectivity index (χ2v) is 5.04. The van der Waals surface area contributed by atoms with E-state index in [2.05, 4.69) is 10.2 Å². The van der Waals surface area contributed by atoms with E-state index >= 15 is 0 Å². The van der Waals surface area contributed by atoms with Crippen LogP contribution in [0.3, 0.4) is 0 Å². The van der Waals surface area contributed by atoms with Gasteiger partial charge in [-0.3, -0.25) is 4.79 Å². The molecule has 0 radical (unpaired) electrons. The Balaban J connectivity index is 2.25. The number of rotatable bonds is 8. The summed E-state index contributed by atoms with van der Waals surface area (Å²) in [6.45, 7) is 4.14. The van der Waals surface area contributed by atoms with Crippen molar-refractivity contribution < 1.29 is 9.53 Å². The Morgan fingerprint density at radius 3 is 2.65 bits per heavy atom. The summed E-state index contributed by atoms with van der Waals surface area (Å²) in [5, 5.41) is 2.89. The number of hydrogen-bond donors (Lipinski definition) is 2. The highest BCUT2D eigenvalue weighted by Gasteiger charge is 2.45. The van der Waals surface area contributed by atoms with E-state index in [1.54, 1.807) is 0 Å². The fraction of sp³-hybridized carbons (Fsp3) is 0.917. The number of ether oxygens (including phenoxy) is 1. The fourth-order valence-corrected chi connectivity index (χ4v) is 1.63. The summed E-state index contributed by atoms with van der Waals surface area (Å²) in [7, 11) is 4.06. The Bertz CT molecular complexity index is 252. The number of nitrogens with one attached hydrogen (secondary N) is 1. The van der Waals surface area contributed by atoms with Gasteiger partial charge in [0.15, 0.2) is 0 Å². The monoisotopic (exact) mass is 243 g/mol. The van der Waals surface area contributed by atoms with Gasteiger partial charge in [-0.15, -0.1) is 0 Å². The molecule has 1 unspecified atom stereocenters. The number of carbonyl (C=O) groups is 1. The first-order chi connectivity index (χ1) is 7.98. The predicted molar refractivity (Wildman–Crippen MR) is 67.7 cm³/mol. The van der Waals surface area contributed by atoms with Gasteiger partial charge in [0.05, 0.1) is 11.6 Å². The summed E-state index contributed by atoms with van der Waals surface area (Å²) in [5.41, 5.74) is 5.23. The Kier molecular flexibility index (Phi) is 5.36. The van der Waals surface area contributed by atoms with E-state index in [1.165, 1.54) is 0 Å². The smallest absolute Gasteiger partial charge is 0.240 e. The maximum Gasteiger partial charge on any atom is 0.240 e. The Hall–Kier alpha value is -0.650. The third-order valence-electron chi connectivity index (χ3n) is 3.03. The van der Waals surface area contributed by atoms with Crippen LogP contribution in [0.5, 0.6) is 0 Å². The molecule has 0 aliphatic heterocycles. The minimum Gasteiger partial charge on any atom is -0.377 e. The third-order valence-corrected chi connectivity index (χ3v) is 3.03. The highest BCUT2D eigenvalue weighted by atomic mass is 16.5. The predicted octanol–water partition coefficient (Wildman–Crippen LogP) is -0.0493. The van der Waals surface area contributed by atoms with E-state index in [9.17, 15) is 4.79 Å². The molecule has 0 saturated heterocycles. The summed E-state index contributed by atoms with van der Waals surface area (Å²) >= 11 is 0. The normalized spacial score (nSPS) is 19.1. The Morgan fingerprint density at radius 2 is 2.18 bits per heavy atom. The highest BCUT2D eigenvalue weighted by molar-refractivity contribution is 5.88. The summed E-state index contributed by atoms with van der Waals surface area (Å²) in [6, 6.07) is 0. The summed E-state index contributed by atoms with van der Waals surface area (Å²) < 4.78 is 5.59. The van der Waals surface area contributed by atoms with Crippen LogP contribution in [0, 0.1) is 0 Å². The van der Waals surface area contributed by atoms with Crippen molar-refractivity contribution in [2.24, 2.45) is 5.73 Å². The second kappa shape index (κ2) is 6.33. The van der Waals surface area contributed by atoms with Crippen LogP contribution in [0.15, 0.2) is 0 Å². The van der Waals surface area contributed by atoms with Gasteiger partial charge in [0.2, 0.25) is 5.91 Å². The summed E-state index contributed by atoms with van der Waals surface area (Å²) in [4.78, 5) is 13.8. The van der Waals surface area contributed by atoms with E-state index in [-0.39, 0.29) is 12.0 Å². The van der Waals surface area contributed by atoms with Gasteiger partial charge in [-0.25, -0.2) is 0 Å². The highest BCUT2D eigenvalue weighted by Crippen LogP contribution is 2.32. The van der Waals surface area contributed by atoms with Gasteiger partial charge in [-0.05, 0) is 40.3 Å². The van der Waals surface area contributed by atoms with E-state index in [1.807, 2.05) is 21.0 Å². The van der Waals surface area contributed by atoms with Gasteiger partial charge in [0.1, 0.15) is 0 Å². The molecule has 0 heterocycles. The molecule has 5 heteroatoms. The van der Waals surface area contributed by atoms with E-state index < -0.39 is 5.54 Å². The molecule has 17 heavy (non-hydrogen) atoms. The molecule has 1 amide bonds. The lowest BCUT2D eigenvalue weighted by atomic mass is 10.2. The number of hydrogen-bond acceptors (Lipinski definition) is 4. The molecule has 1 aliphatic carbocycles. The summed E-state index contributed by atoms with van der Waals surface area (Å²) in [5.74, 6) is -0.0351. The minimum atomic E-state index is -0.585. The number of carbonyl (C=O) groups excluding carboxylic acids is 1. The zero-order valence-electron chi connectivity index (χ0n) is 11.2. The van der Waals surface area contributed by atoms with Crippen LogP contribution in [0.25, 0.3) is 0 Å². The maximum atomic E-state index is 11.7. The lowest BCUT2D eigenvalue weighted by molar-refractivity contribution is -0.124. The lowest BCUT2D eigenvalue weighted by Crippen LogP contribution is -2.46. The van der Waals surface area contributed by atoms with Crippen LogP contribution in [-0.2, 0) is 9.53 Å². The first-order valence-corrected chi connectivity index (χ1v) is 6.31. The number of nitrogens with zero attached hydrogens (tertiary/aromatic N) is 1. The first kappa shape index (κ1) is 14.4. The van der Waals surface area contributed by atoms with Crippen LogP contribution in [-0.4, -0.2) is 56.2 Å². The molecule has 1 rings (SSSR count). The van der Waals surface area contributed by atoms with E-state index in [0.29, 0.717) is 13.2 Å². The maximum absolute atomic E-state index is 11.7. The molecule has 0 aromatic rings.